The molecule has 23 heavy (non-hydrogen) atoms. The lowest BCUT2D eigenvalue weighted by Gasteiger charge is -2.21. The summed E-state index contributed by atoms with van der Waals surface area (Å²) in [5.41, 5.74) is -1.08. The summed E-state index contributed by atoms with van der Waals surface area (Å²) >= 11 is 0. The summed E-state index contributed by atoms with van der Waals surface area (Å²) in [6.45, 7) is 5.00. The third kappa shape index (κ3) is 5.08. The van der Waals surface area contributed by atoms with Crippen molar-refractivity contribution in [3.05, 3.63) is 17.7 Å². The highest BCUT2D eigenvalue weighted by molar-refractivity contribution is 6.01. The number of carbonyl (C=O) groups is 2. The van der Waals surface area contributed by atoms with E-state index in [0.29, 0.717) is 0 Å². The molecular formula is C15H19F2NO5. The number of ether oxygens (including phenoxy) is 3. The van der Waals surface area contributed by atoms with Gasteiger partial charge in [-0.15, -0.1) is 0 Å². The van der Waals surface area contributed by atoms with Gasteiger partial charge in [-0.1, -0.05) is 0 Å². The van der Waals surface area contributed by atoms with Gasteiger partial charge in [0.15, 0.2) is 11.5 Å². The molecule has 1 aromatic rings. The topological polar surface area (TPSA) is 73.9 Å². The molecule has 0 spiro atoms. The van der Waals surface area contributed by atoms with Crippen molar-refractivity contribution in [2.45, 2.75) is 32.8 Å². The maximum absolute atomic E-state index is 12.6. The zero-order valence-electron chi connectivity index (χ0n) is 13.5. The van der Waals surface area contributed by atoms with Crippen molar-refractivity contribution in [2.24, 2.45) is 0 Å². The van der Waals surface area contributed by atoms with Gasteiger partial charge in [0.2, 0.25) is 5.78 Å². The minimum Gasteiger partial charge on any atom is -0.493 e. The van der Waals surface area contributed by atoms with Crippen LogP contribution in [-0.4, -0.2) is 38.1 Å². The molecule has 0 aliphatic heterocycles. The molecule has 1 amide bonds. The summed E-state index contributed by atoms with van der Waals surface area (Å²) < 4.78 is 40.4. The number of hydrogen-bond acceptors (Lipinski definition) is 5. The molecule has 0 atom stereocenters. The standard InChI is InChI=1S/C15H19F2NO5/c1-15(2,3)23-14(20)18-9-6-8(11(19)13(16)17)7-10(21-4)12(9)22-5/h6-7,13H,1-5H3,(H,18,20). The molecule has 0 unspecified atom stereocenters. The number of ketones is 1. The van der Waals surface area contributed by atoms with E-state index < -0.39 is 23.9 Å². The van der Waals surface area contributed by atoms with Crippen LogP contribution in [0.4, 0.5) is 19.3 Å². The fraction of sp³-hybridized carbons (Fsp3) is 0.467. The number of nitrogens with one attached hydrogen (secondary N) is 1. The quantitative estimate of drug-likeness (QED) is 0.836. The maximum atomic E-state index is 12.6. The number of anilines is 1. The van der Waals surface area contributed by atoms with E-state index >= 15 is 0 Å². The van der Waals surface area contributed by atoms with Gasteiger partial charge >= 0.3 is 12.5 Å². The summed E-state index contributed by atoms with van der Waals surface area (Å²) in [7, 11) is 2.60. The van der Waals surface area contributed by atoms with Gasteiger partial charge < -0.3 is 14.2 Å². The summed E-state index contributed by atoms with van der Waals surface area (Å²) in [4.78, 5) is 23.3. The van der Waals surface area contributed by atoms with E-state index in [1.807, 2.05) is 0 Å². The van der Waals surface area contributed by atoms with Gasteiger partial charge in [-0.25, -0.2) is 13.6 Å². The first-order valence-corrected chi connectivity index (χ1v) is 6.67. The highest BCUT2D eigenvalue weighted by atomic mass is 19.3. The van der Waals surface area contributed by atoms with Gasteiger partial charge in [0.1, 0.15) is 5.60 Å². The van der Waals surface area contributed by atoms with Crippen LogP contribution >= 0.6 is 0 Å². The monoisotopic (exact) mass is 331 g/mol. The van der Waals surface area contributed by atoms with Crippen LogP contribution < -0.4 is 14.8 Å². The first kappa shape index (κ1) is 18.7. The van der Waals surface area contributed by atoms with Crippen molar-refractivity contribution in [3.8, 4) is 11.5 Å². The van der Waals surface area contributed by atoms with Gasteiger partial charge in [0, 0.05) is 5.56 Å². The van der Waals surface area contributed by atoms with E-state index in [-0.39, 0.29) is 22.7 Å². The van der Waals surface area contributed by atoms with Crippen LogP contribution in [0.25, 0.3) is 0 Å². The fourth-order valence-corrected chi connectivity index (χ4v) is 1.74. The number of halogens is 2. The molecule has 0 radical (unpaired) electrons. The average molecular weight is 331 g/mol. The van der Waals surface area contributed by atoms with Crippen molar-refractivity contribution in [1.82, 2.24) is 0 Å². The molecule has 8 heteroatoms. The van der Waals surface area contributed by atoms with E-state index in [9.17, 15) is 18.4 Å². The highest BCUT2D eigenvalue weighted by Crippen LogP contribution is 2.37. The van der Waals surface area contributed by atoms with Crippen LogP contribution in [0.2, 0.25) is 0 Å². The smallest absolute Gasteiger partial charge is 0.412 e. The number of amides is 1. The number of Topliss-reactive ketones (excluding diaryl/α,β-unsaturated/α-hetero) is 1. The van der Waals surface area contributed by atoms with E-state index in [0.717, 1.165) is 12.1 Å². The maximum Gasteiger partial charge on any atom is 0.412 e. The molecule has 0 saturated carbocycles. The summed E-state index contributed by atoms with van der Waals surface area (Å²) in [6, 6.07) is 2.20. The Labute approximate surface area is 132 Å². The van der Waals surface area contributed by atoms with Crippen molar-refractivity contribution >= 4 is 17.6 Å². The lowest BCUT2D eigenvalue weighted by atomic mass is 10.1. The number of rotatable bonds is 5. The van der Waals surface area contributed by atoms with Crippen LogP contribution in [0.15, 0.2) is 12.1 Å². The molecule has 0 fully saturated rings. The third-order valence-electron chi connectivity index (χ3n) is 2.60. The number of benzene rings is 1. The first-order chi connectivity index (χ1) is 10.6. The third-order valence-corrected chi connectivity index (χ3v) is 2.60. The van der Waals surface area contributed by atoms with Gasteiger partial charge in [-0.2, -0.15) is 0 Å². The molecule has 6 nitrogen and oxygen atoms in total. The molecule has 1 N–H and O–H groups in total. The van der Waals surface area contributed by atoms with Gasteiger partial charge in [0.05, 0.1) is 19.9 Å². The van der Waals surface area contributed by atoms with Crippen LogP contribution in [0.3, 0.4) is 0 Å². The number of hydrogen-bond donors (Lipinski definition) is 1. The second-order valence-corrected chi connectivity index (χ2v) is 5.55. The Morgan fingerprint density at radius 2 is 1.74 bits per heavy atom. The average Bonchev–Trinajstić information content (AvgIpc) is 2.43. The molecular weight excluding hydrogens is 312 g/mol. The molecule has 0 bridgehead atoms. The van der Waals surface area contributed by atoms with Crippen LogP contribution in [0.1, 0.15) is 31.1 Å². The minimum absolute atomic E-state index is 0.00917. The zero-order valence-corrected chi connectivity index (χ0v) is 13.5. The zero-order chi connectivity index (χ0) is 17.8. The van der Waals surface area contributed by atoms with E-state index in [2.05, 4.69) is 5.32 Å². The van der Waals surface area contributed by atoms with Gasteiger partial charge in [0.25, 0.3) is 0 Å². The summed E-state index contributed by atoms with van der Waals surface area (Å²) in [5.74, 6) is -1.27. The Morgan fingerprint density at radius 1 is 1.13 bits per heavy atom. The van der Waals surface area contributed by atoms with Gasteiger partial charge in [-0.3, -0.25) is 10.1 Å². The Kier molecular flexibility index (Phi) is 5.89. The number of carbonyl (C=O) groups excluding carboxylic acids is 2. The molecule has 0 saturated heterocycles. The fourth-order valence-electron chi connectivity index (χ4n) is 1.74. The SMILES string of the molecule is COc1cc(C(=O)C(F)F)cc(NC(=O)OC(C)(C)C)c1OC. The second-order valence-electron chi connectivity index (χ2n) is 5.55. The van der Waals surface area contributed by atoms with Gasteiger partial charge in [-0.05, 0) is 32.9 Å². The van der Waals surface area contributed by atoms with Crippen LogP contribution in [0, 0.1) is 0 Å². The van der Waals surface area contributed by atoms with Crippen molar-refractivity contribution in [1.29, 1.82) is 0 Å². The molecule has 1 rings (SSSR count). The Morgan fingerprint density at radius 3 is 2.17 bits per heavy atom. The Hall–Kier alpha value is -2.38. The van der Waals surface area contributed by atoms with Crippen molar-refractivity contribution in [3.63, 3.8) is 0 Å². The largest absolute Gasteiger partial charge is 0.493 e. The lowest BCUT2D eigenvalue weighted by molar-refractivity contribution is 0.0633. The minimum atomic E-state index is -3.18. The summed E-state index contributed by atoms with van der Waals surface area (Å²) in [6.07, 6.45) is -4.00. The normalized spacial score (nSPS) is 11.1. The molecule has 1 aromatic carbocycles. The van der Waals surface area contributed by atoms with E-state index in [1.165, 1.54) is 14.2 Å². The molecule has 0 heterocycles. The predicted molar refractivity (Wildman–Crippen MR) is 79.7 cm³/mol. The van der Waals surface area contributed by atoms with Crippen molar-refractivity contribution in [2.75, 3.05) is 19.5 Å². The van der Waals surface area contributed by atoms with E-state index in [4.69, 9.17) is 14.2 Å². The Bertz CT molecular complexity index is 596. The van der Waals surface area contributed by atoms with Crippen LogP contribution in [-0.2, 0) is 4.74 Å². The molecule has 0 aliphatic carbocycles. The molecule has 128 valence electrons. The predicted octanol–water partition coefficient (Wildman–Crippen LogP) is 3.50. The second kappa shape index (κ2) is 7.26. The van der Waals surface area contributed by atoms with Crippen LogP contribution in [0.5, 0.6) is 11.5 Å². The molecule has 0 aliphatic rings. The van der Waals surface area contributed by atoms with E-state index in [1.54, 1.807) is 20.8 Å². The Balaban J connectivity index is 3.24. The highest BCUT2D eigenvalue weighted by Gasteiger charge is 2.24. The molecule has 0 aromatic heterocycles. The summed E-state index contributed by atoms with van der Waals surface area (Å²) in [5, 5.41) is 2.36. The number of alkyl halides is 2. The number of methoxy groups -OCH3 is 2. The van der Waals surface area contributed by atoms with Crippen molar-refractivity contribution < 1.29 is 32.6 Å². The first-order valence-electron chi connectivity index (χ1n) is 6.67. The lowest BCUT2D eigenvalue weighted by Crippen LogP contribution is -2.27.